The van der Waals surface area contributed by atoms with Crippen molar-refractivity contribution >= 4 is 75.3 Å². The molecule has 1 aromatic heterocycles. The number of hydrogen-bond donors (Lipinski definition) is 2. The maximum absolute atomic E-state index is 12.3. The van der Waals surface area contributed by atoms with E-state index in [1.165, 1.54) is 6.07 Å². The molecule has 0 bridgehead atoms. The third kappa shape index (κ3) is 4.19. The Balaban J connectivity index is 1.85. The summed E-state index contributed by atoms with van der Waals surface area (Å²) in [6.07, 6.45) is 0. The summed E-state index contributed by atoms with van der Waals surface area (Å²) in [5.74, 6) is 0. The van der Waals surface area contributed by atoms with Crippen LogP contribution in [-0.2, 0) is 0 Å². The first-order valence-electron chi connectivity index (χ1n) is 6.89. The van der Waals surface area contributed by atoms with Gasteiger partial charge in [0, 0.05) is 15.6 Å². The van der Waals surface area contributed by atoms with E-state index in [1.807, 2.05) is 18.2 Å². The molecule has 3 rings (SSSR count). The van der Waals surface area contributed by atoms with Crippen molar-refractivity contribution in [3.8, 4) is 10.4 Å². The van der Waals surface area contributed by atoms with Crippen LogP contribution in [-0.4, -0.2) is 10.4 Å². The number of rotatable bonds is 3. The second kappa shape index (κ2) is 7.81. The molecule has 0 aliphatic heterocycles. The third-order valence-corrected chi connectivity index (χ3v) is 5.32. The Labute approximate surface area is 167 Å². The lowest BCUT2D eigenvalue weighted by atomic mass is 10.2. The van der Waals surface area contributed by atoms with Gasteiger partial charge in [-0.2, -0.15) is 4.37 Å². The number of amides is 2. The highest BCUT2D eigenvalue weighted by molar-refractivity contribution is 7.11. The Morgan fingerprint density at radius 1 is 0.960 bits per heavy atom. The molecule has 9 heteroatoms. The number of urea groups is 1. The summed E-state index contributed by atoms with van der Waals surface area (Å²) in [5.41, 5.74) is 1.53. The van der Waals surface area contributed by atoms with Crippen LogP contribution in [0.5, 0.6) is 0 Å². The molecule has 0 spiro atoms. The normalized spacial score (nSPS) is 10.6. The van der Waals surface area contributed by atoms with Crippen LogP contribution in [0.2, 0.25) is 20.2 Å². The fraction of sp³-hybridized carbons (Fsp3) is 0. The summed E-state index contributed by atoms with van der Waals surface area (Å²) in [7, 11) is 0. The molecule has 3 aromatic rings. The van der Waals surface area contributed by atoms with Crippen LogP contribution < -0.4 is 10.6 Å². The van der Waals surface area contributed by atoms with Gasteiger partial charge in [-0.05, 0) is 35.8 Å². The van der Waals surface area contributed by atoms with Crippen molar-refractivity contribution in [1.29, 1.82) is 0 Å². The highest BCUT2D eigenvalue weighted by Gasteiger charge is 2.18. The van der Waals surface area contributed by atoms with Crippen LogP contribution in [0.25, 0.3) is 10.4 Å². The number of anilines is 2. The van der Waals surface area contributed by atoms with E-state index in [-0.39, 0.29) is 5.15 Å². The molecule has 2 aromatic carbocycles. The highest BCUT2D eigenvalue weighted by Crippen LogP contribution is 2.40. The molecule has 0 saturated carbocycles. The minimum Gasteiger partial charge on any atom is -0.306 e. The number of carbonyl (C=O) groups excluding carboxylic acids is 1. The molecule has 0 atom stereocenters. The van der Waals surface area contributed by atoms with Crippen molar-refractivity contribution in [2.24, 2.45) is 0 Å². The first-order chi connectivity index (χ1) is 12.0. The van der Waals surface area contributed by atoms with E-state index in [0.717, 1.165) is 17.1 Å². The summed E-state index contributed by atoms with van der Waals surface area (Å²) in [4.78, 5) is 13.0. The summed E-state index contributed by atoms with van der Waals surface area (Å²) in [6.45, 7) is 0. The molecule has 2 N–H and O–H groups in total. The summed E-state index contributed by atoms with van der Waals surface area (Å²) in [6, 6.07) is 11.5. The van der Waals surface area contributed by atoms with Gasteiger partial charge in [-0.1, -0.05) is 64.6 Å². The molecule has 0 fully saturated rings. The van der Waals surface area contributed by atoms with E-state index in [4.69, 9.17) is 46.4 Å². The average Bonchev–Trinajstić information content (AvgIpc) is 2.91. The predicted octanol–water partition coefficient (Wildman–Crippen LogP) is 7.07. The largest absolute Gasteiger partial charge is 0.323 e. The highest BCUT2D eigenvalue weighted by atomic mass is 35.5. The van der Waals surface area contributed by atoms with Gasteiger partial charge in [0.2, 0.25) is 0 Å². The van der Waals surface area contributed by atoms with E-state index in [2.05, 4.69) is 15.0 Å². The fourth-order valence-electron chi connectivity index (χ4n) is 2.07. The lowest BCUT2D eigenvalue weighted by Crippen LogP contribution is -2.19. The van der Waals surface area contributed by atoms with Crippen LogP contribution >= 0.6 is 57.9 Å². The molecule has 0 aliphatic carbocycles. The fourth-order valence-corrected chi connectivity index (χ4v) is 3.89. The molecule has 0 saturated heterocycles. The van der Waals surface area contributed by atoms with Crippen LogP contribution in [0, 0.1) is 0 Å². The van der Waals surface area contributed by atoms with Gasteiger partial charge in [0.15, 0.2) is 5.15 Å². The van der Waals surface area contributed by atoms with Gasteiger partial charge in [-0.3, -0.25) is 0 Å². The Morgan fingerprint density at radius 2 is 1.72 bits per heavy atom. The van der Waals surface area contributed by atoms with Crippen molar-refractivity contribution < 1.29 is 4.79 Å². The molecule has 1 heterocycles. The Morgan fingerprint density at radius 3 is 2.44 bits per heavy atom. The first-order valence-corrected chi connectivity index (χ1v) is 9.17. The number of hydrogen-bond acceptors (Lipinski definition) is 3. The minimum absolute atomic E-state index is 0.178. The van der Waals surface area contributed by atoms with Crippen molar-refractivity contribution in [2.45, 2.75) is 0 Å². The van der Waals surface area contributed by atoms with Gasteiger partial charge in [-0.25, -0.2) is 4.79 Å². The Hall–Kier alpha value is -1.50. The van der Waals surface area contributed by atoms with Crippen LogP contribution in [0.1, 0.15) is 0 Å². The summed E-state index contributed by atoms with van der Waals surface area (Å²) < 4.78 is 4.09. The smallest absolute Gasteiger partial charge is 0.306 e. The van der Waals surface area contributed by atoms with Crippen molar-refractivity contribution in [3.05, 3.63) is 62.7 Å². The van der Waals surface area contributed by atoms with Gasteiger partial charge in [0.25, 0.3) is 0 Å². The van der Waals surface area contributed by atoms with Crippen molar-refractivity contribution in [3.63, 3.8) is 0 Å². The minimum atomic E-state index is -0.514. The summed E-state index contributed by atoms with van der Waals surface area (Å²) >= 11 is 25.4. The van der Waals surface area contributed by atoms with E-state index < -0.39 is 6.03 Å². The first kappa shape index (κ1) is 18.3. The second-order valence-corrected chi connectivity index (χ2v) is 7.24. The number of nitrogens with one attached hydrogen (secondary N) is 2. The lowest BCUT2D eigenvalue weighted by Gasteiger charge is -2.10. The standard InChI is InChI=1S/C16H9Cl4N3OS/c17-8-5-6-12(11(19)7-8)21-16(24)22-13-14(25-23-15(13)20)9-3-1-2-4-10(9)18/h1-7H,(H2,21,22,24). The Kier molecular flexibility index (Phi) is 5.71. The van der Waals surface area contributed by atoms with E-state index >= 15 is 0 Å². The molecular weight excluding hydrogens is 424 g/mol. The number of halogens is 4. The van der Waals surface area contributed by atoms with Crippen molar-refractivity contribution in [1.82, 2.24) is 4.37 Å². The molecule has 0 unspecified atom stereocenters. The SMILES string of the molecule is O=C(Nc1ccc(Cl)cc1Cl)Nc1c(Cl)nsc1-c1ccccc1Cl. The third-order valence-electron chi connectivity index (χ3n) is 3.19. The average molecular weight is 433 g/mol. The monoisotopic (exact) mass is 431 g/mol. The zero-order valence-electron chi connectivity index (χ0n) is 12.3. The second-order valence-electron chi connectivity index (χ2n) is 4.86. The van der Waals surface area contributed by atoms with E-state index in [9.17, 15) is 4.79 Å². The van der Waals surface area contributed by atoms with Crippen molar-refractivity contribution in [2.75, 3.05) is 10.6 Å². The molecule has 0 aliphatic rings. The van der Waals surface area contributed by atoms with Crippen LogP contribution in [0.15, 0.2) is 42.5 Å². The Bertz CT molecular complexity index is 945. The van der Waals surface area contributed by atoms with Gasteiger partial charge < -0.3 is 10.6 Å². The molecule has 128 valence electrons. The number of nitrogens with zero attached hydrogens (tertiary/aromatic N) is 1. The zero-order valence-corrected chi connectivity index (χ0v) is 16.2. The summed E-state index contributed by atoms with van der Waals surface area (Å²) in [5, 5.41) is 6.84. The molecular formula is C16H9Cl4N3OS. The zero-order chi connectivity index (χ0) is 18.0. The molecule has 2 amide bonds. The topological polar surface area (TPSA) is 54.0 Å². The maximum Gasteiger partial charge on any atom is 0.323 e. The number of carbonyl (C=O) groups is 1. The van der Waals surface area contributed by atoms with Gasteiger partial charge in [0.05, 0.1) is 15.6 Å². The van der Waals surface area contributed by atoms with Gasteiger partial charge >= 0.3 is 6.03 Å². The van der Waals surface area contributed by atoms with Crippen LogP contribution in [0.3, 0.4) is 0 Å². The predicted molar refractivity (Wildman–Crippen MR) is 107 cm³/mol. The van der Waals surface area contributed by atoms with E-state index in [0.29, 0.717) is 31.3 Å². The molecule has 0 radical (unpaired) electrons. The molecule has 25 heavy (non-hydrogen) atoms. The van der Waals surface area contributed by atoms with Gasteiger partial charge in [-0.15, -0.1) is 0 Å². The van der Waals surface area contributed by atoms with E-state index in [1.54, 1.807) is 18.2 Å². The number of benzene rings is 2. The van der Waals surface area contributed by atoms with Gasteiger partial charge in [0.1, 0.15) is 5.69 Å². The quantitative estimate of drug-likeness (QED) is 0.464. The number of aromatic nitrogens is 1. The maximum atomic E-state index is 12.3. The lowest BCUT2D eigenvalue weighted by molar-refractivity contribution is 0.262. The van der Waals surface area contributed by atoms with Crippen LogP contribution in [0.4, 0.5) is 16.2 Å². The molecule has 4 nitrogen and oxygen atoms in total.